The largest absolute Gasteiger partial charge is 0.467 e. The Morgan fingerprint density at radius 1 is 1.42 bits per heavy atom. The maximum atomic E-state index is 12.4. The zero-order valence-electron chi connectivity index (χ0n) is 13.5. The summed E-state index contributed by atoms with van der Waals surface area (Å²) in [7, 11) is 1.57. The van der Waals surface area contributed by atoms with Gasteiger partial charge < -0.3 is 24.5 Å². The van der Waals surface area contributed by atoms with Crippen LogP contribution < -0.4 is 10.6 Å². The van der Waals surface area contributed by atoms with Crippen molar-refractivity contribution in [1.82, 2.24) is 25.7 Å². The Morgan fingerprint density at radius 3 is 2.88 bits per heavy atom. The van der Waals surface area contributed by atoms with Gasteiger partial charge >= 0.3 is 6.03 Å². The highest BCUT2D eigenvalue weighted by molar-refractivity contribution is 5.82. The van der Waals surface area contributed by atoms with Gasteiger partial charge in [-0.25, -0.2) is 4.79 Å². The fraction of sp³-hybridized carbons (Fsp3) is 0.467. The van der Waals surface area contributed by atoms with Crippen LogP contribution in [0.1, 0.15) is 23.4 Å². The third-order valence-electron chi connectivity index (χ3n) is 4.04. The van der Waals surface area contributed by atoms with E-state index in [2.05, 4.69) is 20.8 Å². The molecule has 9 nitrogen and oxygen atoms in total. The van der Waals surface area contributed by atoms with E-state index < -0.39 is 5.92 Å². The van der Waals surface area contributed by atoms with E-state index in [4.69, 9.17) is 8.94 Å². The Morgan fingerprint density at radius 2 is 2.25 bits per heavy atom. The van der Waals surface area contributed by atoms with Crippen molar-refractivity contribution in [2.75, 3.05) is 20.1 Å². The van der Waals surface area contributed by atoms with Crippen molar-refractivity contribution in [3.63, 3.8) is 0 Å². The number of urea groups is 1. The van der Waals surface area contributed by atoms with Crippen molar-refractivity contribution in [1.29, 1.82) is 0 Å². The lowest BCUT2D eigenvalue weighted by Crippen LogP contribution is -2.39. The number of rotatable bonds is 4. The maximum Gasteiger partial charge on any atom is 0.317 e. The van der Waals surface area contributed by atoms with Gasteiger partial charge in [0.1, 0.15) is 5.76 Å². The molecule has 3 amide bonds. The summed E-state index contributed by atoms with van der Waals surface area (Å²) in [6, 6.07) is 3.27. The molecular formula is C15H19N5O4. The zero-order chi connectivity index (χ0) is 17.1. The molecule has 2 N–H and O–H groups in total. The van der Waals surface area contributed by atoms with Gasteiger partial charge in [-0.05, 0) is 19.1 Å². The number of furan rings is 1. The van der Waals surface area contributed by atoms with Gasteiger partial charge in [0.15, 0.2) is 5.82 Å². The normalized spacial score (nSPS) is 20.2. The zero-order valence-corrected chi connectivity index (χ0v) is 13.5. The van der Waals surface area contributed by atoms with E-state index in [-0.39, 0.29) is 30.9 Å². The quantitative estimate of drug-likeness (QED) is 0.849. The fourth-order valence-electron chi connectivity index (χ4n) is 2.82. The smallest absolute Gasteiger partial charge is 0.317 e. The summed E-state index contributed by atoms with van der Waals surface area (Å²) >= 11 is 0. The first-order valence-electron chi connectivity index (χ1n) is 7.65. The highest BCUT2D eigenvalue weighted by Crippen LogP contribution is 2.32. The molecule has 1 fully saturated rings. The Kier molecular flexibility index (Phi) is 4.50. The number of aromatic nitrogens is 2. The standard InChI is InChI=1S/C15H19N5O4/c1-9-18-14(24-19-9)12-8-20(7-11(12)13(21)16-2)15(22)17-6-10-4-3-5-23-10/h3-5,11-12H,6-8H2,1-2H3,(H,16,21)(H,17,22)/t11-,12-/m1/s1. The molecule has 0 aromatic carbocycles. The van der Waals surface area contributed by atoms with Crippen molar-refractivity contribution >= 4 is 11.9 Å². The van der Waals surface area contributed by atoms with Crippen molar-refractivity contribution in [3.8, 4) is 0 Å². The molecule has 1 aliphatic rings. The third kappa shape index (κ3) is 3.24. The van der Waals surface area contributed by atoms with Gasteiger partial charge in [-0.1, -0.05) is 5.16 Å². The van der Waals surface area contributed by atoms with Crippen LogP contribution in [0.4, 0.5) is 4.79 Å². The molecule has 0 spiro atoms. The number of hydrogen-bond acceptors (Lipinski definition) is 6. The minimum atomic E-state index is -0.427. The summed E-state index contributed by atoms with van der Waals surface area (Å²) < 4.78 is 10.4. The van der Waals surface area contributed by atoms with Gasteiger partial charge in [-0.3, -0.25) is 4.79 Å². The van der Waals surface area contributed by atoms with E-state index in [1.54, 1.807) is 37.3 Å². The maximum absolute atomic E-state index is 12.4. The molecule has 1 aliphatic heterocycles. The lowest BCUT2D eigenvalue weighted by atomic mass is 9.95. The van der Waals surface area contributed by atoms with Crippen LogP contribution >= 0.6 is 0 Å². The van der Waals surface area contributed by atoms with E-state index in [9.17, 15) is 9.59 Å². The van der Waals surface area contributed by atoms with Crippen molar-refractivity contribution < 1.29 is 18.5 Å². The second-order valence-electron chi connectivity index (χ2n) is 5.65. The average Bonchev–Trinajstić information content (AvgIpc) is 3.31. The molecule has 24 heavy (non-hydrogen) atoms. The monoisotopic (exact) mass is 333 g/mol. The summed E-state index contributed by atoms with van der Waals surface area (Å²) in [4.78, 5) is 30.3. The molecule has 0 radical (unpaired) electrons. The fourth-order valence-corrected chi connectivity index (χ4v) is 2.82. The molecule has 2 atom stereocenters. The summed E-state index contributed by atoms with van der Waals surface area (Å²) in [6.45, 7) is 2.63. The van der Waals surface area contributed by atoms with Gasteiger partial charge in [0.25, 0.3) is 0 Å². The number of likely N-dealkylation sites (tertiary alicyclic amines) is 1. The van der Waals surface area contributed by atoms with Gasteiger partial charge in [0.2, 0.25) is 11.8 Å². The molecule has 0 bridgehead atoms. The second-order valence-corrected chi connectivity index (χ2v) is 5.65. The molecule has 0 saturated carbocycles. The first-order valence-corrected chi connectivity index (χ1v) is 7.65. The number of aryl methyl sites for hydroxylation is 1. The number of hydrogen-bond donors (Lipinski definition) is 2. The molecule has 2 aromatic rings. The molecule has 9 heteroatoms. The van der Waals surface area contributed by atoms with Gasteiger partial charge in [0, 0.05) is 20.1 Å². The Hall–Kier alpha value is -2.84. The van der Waals surface area contributed by atoms with E-state index >= 15 is 0 Å². The summed E-state index contributed by atoms with van der Waals surface area (Å²) in [5, 5.41) is 9.17. The lowest BCUT2D eigenvalue weighted by molar-refractivity contribution is -0.124. The third-order valence-corrected chi connectivity index (χ3v) is 4.04. The minimum Gasteiger partial charge on any atom is -0.467 e. The predicted octanol–water partition coefficient (Wildman–Crippen LogP) is 0.642. The van der Waals surface area contributed by atoms with Crippen LogP contribution in [0.3, 0.4) is 0 Å². The Balaban J connectivity index is 1.69. The van der Waals surface area contributed by atoms with Crippen molar-refractivity contribution in [2.24, 2.45) is 5.92 Å². The SMILES string of the molecule is CNC(=O)[C@@H]1CN(C(=O)NCc2ccco2)C[C@H]1c1nc(C)no1. The predicted molar refractivity (Wildman–Crippen MR) is 81.8 cm³/mol. The highest BCUT2D eigenvalue weighted by atomic mass is 16.5. The van der Waals surface area contributed by atoms with Crippen LogP contribution in [0.15, 0.2) is 27.3 Å². The topological polar surface area (TPSA) is 114 Å². The summed E-state index contributed by atoms with van der Waals surface area (Å²) in [6.07, 6.45) is 1.55. The Bertz CT molecular complexity index is 711. The molecule has 3 heterocycles. The van der Waals surface area contributed by atoms with Gasteiger partial charge in [0.05, 0.1) is 24.6 Å². The number of carbonyl (C=O) groups excluding carboxylic acids is 2. The van der Waals surface area contributed by atoms with Crippen LogP contribution in [0.25, 0.3) is 0 Å². The molecular weight excluding hydrogens is 314 g/mol. The van der Waals surface area contributed by atoms with Crippen molar-refractivity contribution in [3.05, 3.63) is 35.9 Å². The average molecular weight is 333 g/mol. The number of nitrogens with one attached hydrogen (secondary N) is 2. The molecule has 0 aliphatic carbocycles. The second kappa shape index (κ2) is 6.73. The van der Waals surface area contributed by atoms with Gasteiger partial charge in [-0.15, -0.1) is 0 Å². The summed E-state index contributed by atoms with van der Waals surface area (Å²) in [5.41, 5.74) is 0. The van der Waals surface area contributed by atoms with Crippen LogP contribution in [0.2, 0.25) is 0 Å². The molecule has 0 unspecified atom stereocenters. The van der Waals surface area contributed by atoms with E-state index in [1.165, 1.54) is 0 Å². The molecule has 3 rings (SSSR count). The van der Waals surface area contributed by atoms with Crippen LogP contribution in [-0.4, -0.2) is 47.1 Å². The highest BCUT2D eigenvalue weighted by Gasteiger charge is 2.43. The molecule has 2 aromatic heterocycles. The number of nitrogens with zero attached hydrogens (tertiary/aromatic N) is 3. The number of amides is 3. The Labute approximate surface area is 138 Å². The molecule has 1 saturated heterocycles. The lowest BCUT2D eigenvalue weighted by Gasteiger charge is -2.16. The number of carbonyl (C=O) groups is 2. The van der Waals surface area contributed by atoms with E-state index in [0.29, 0.717) is 24.0 Å². The van der Waals surface area contributed by atoms with E-state index in [1.807, 2.05) is 0 Å². The van der Waals surface area contributed by atoms with Crippen molar-refractivity contribution in [2.45, 2.75) is 19.4 Å². The first kappa shape index (κ1) is 16.0. The van der Waals surface area contributed by atoms with Crippen LogP contribution in [0.5, 0.6) is 0 Å². The summed E-state index contributed by atoms with van der Waals surface area (Å²) in [5.74, 6) is 0.639. The van der Waals surface area contributed by atoms with Crippen LogP contribution in [0, 0.1) is 12.8 Å². The van der Waals surface area contributed by atoms with E-state index in [0.717, 1.165) is 0 Å². The minimum absolute atomic E-state index is 0.155. The van der Waals surface area contributed by atoms with Gasteiger partial charge in [-0.2, -0.15) is 4.98 Å². The first-order chi connectivity index (χ1) is 11.6. The molecule has 128 valence electrons. The van der Waals surface area contributed by atoms with Crippen LogP contribution in [-0.2, 0) is 11.3 Å².